The highest BCUT2D eigenvalue weighted by Crippen LogP contribution is 2.36. The van der Waals surface area contributed by atoms with Gasteiger partial charge in [0.25, 0.3) is 5.82 Å². The van der Waals surface area contributed by atoms with Crippen molar-refractivity contribution in [3.8, 4) is 22.5 Å². The first kappa shape index (κ1) is 25.0. The van der Waals surface area contributed by atoms with Crippen molar-refractivity contribution in [3.05, 3.63) is 89.9 Å². The number of anilines is 1. The van der Waals surface area contributed by atoms with Crippen LogP contribution in [0.25, 0.3) is 22.5 Å². The molecular formula is C29H31F3N5+. The molecule has 0 unspecified atom stereocenters. The van der Waals surface area contributed by atoms with Gasteiger partial charge in [0.05, 0.1) is 18.5 Å². The minimum Gasteiger partial charge on any atom is -0.364 e. The Kier molecular flexibility index (Phi) is 7.02. The van der Waals surface area contributed by atoms with Crippen molar-refractivity contribution in [2.75, 3.05) is 18.4 Å². The fraction of sp³-hybridized carbons (Fsp3) is 0.310. The molecule has 1 saturated heterocycles. The number of pyridine rings is 1. The first-order valence-corrected chi connectivity index (χ1v) is 12.6. The summed E-state index contributed by atoms with van der Waals surface area (Å²) in [5, 5.41) is 6.85. The number of imidazole rings is 1. The van der Waals surface area contributed by atoms with Crippen LogP contribution in [0.1, 0.15) is 48.7 Å². The topological polar surface area (TPSA) is 56.6 Å². The minimum atomic E-state index is -4.41. The fourth-order valence-electron chi connectivity index (χ4n) is 5.13. The van der Waals surface area contributed by atoms with Crippen molar-refractivity contribution >= 4 is 5.82 Å². The Hall–Kier alpha value is -3.65. The molecule has 1 fully saturated rings. The van der Waals surface area contributed by atoms with Crippen LogP contribution in [0.15, 0.2) is 72.9 Å². The van der Waals surface area contributed by atoms with Gasteiger partial charge in [-0.05, 0) is 62.7 Å². The van der Waals surface area contributed by atoms with E-state index in [1.165, 1.54) is 12.1 Å². The summed E-state index contributed by atoms with van der Waals surface area (Å²) >= 11 is 0. The van der Waals surface area contributed by atoms with Crippen LogP contribution in [0, 0.1) is 0 Å². The molecule has 0 amide bonds. The molecule has 5 rings (SSSR count). The largest absolute Gasteiger partial charge is 0.416 e. The molecule has 0 bridgehead atoms. The van der Waals surface area contributed by atoms with E-state index < -0.39 is 11.7 Å². The number of alkyl halides is 3. The molecule has 4 aromatic rings. The highest BCUT2D eigenvalue weighted by molar-refractivity contribution is 5.77. The smallest absolute Gasteiger partial charge is 0.364 e. The maximum Gasteiger partial charge on any atom is 0.416 e. The van der Waals surface area contributed by atoms with Crippen molar-refractivity contribution in [3.63, 3.8) is 0 Å². The standard InChI is InChI=1S/C29H30F3N5/c1-19(20-7-4-3-5-8-20)35-25-18-23(13-16-34-25)27-26(22-9-6-10-24(17-22)29(30,31)32)36-28(37(27)2)21-11-14-33-15-12-21/h3-10,13,16-19,21,33H,11-12,14-15H2,1-2H3,(H,34,35)/p+1/t19-/m0/s1. The lowest BCUT2D eigenvalue weighted by molar-refractivity contribution is -0.668. The van der Waals surface area contributed by atoms with Gasteiger partial charge in [-0.25, -0.2) is 14.5 Å². The second-order valence-electron chi connectivity index (χ2n) is 9.60. The first-order valence-electron chi connectivity index (χ1n) is 12.6. The number of halogens is 3. The van der Waals surface area contributed by atoms with Crippen molar-refractivity contribution in [1.29, 1.82) is 0 Å². The summed E-state index contributed by atoms with van der Waals surface area (Å²) in [7, 11) is 1.99. The molecule has 0 spiro atoms. The molecular weight excluding hydrogens is 475 g/mol. The average Bonchev–Trinajstić information content (AvgIpc) is 3.26. The molecule has 0 aliphatic carbocycles. The van der Waals surface area contributed by atoms with E-state index in [2.05, 4.69) is 44.2 Å². The molecule has 192 valence electrons. The summed E-state index contributed by atoms with van der Waals surface area (Å²) in [6.45, 7) is 3.90. The van der Waals surface area contributed by atoms with Gasteiger partial charge in [0.2, 0.25) is 0 Å². The number of benzene rings is 2. The summed E-state index contributed by atoms with van der Waals surface area (Å²) in [5.74, 6) is 2.02. The summed E-state index contributed by atoms with van der Waals surface area (Å²) in [6.07, 6.45) is -0.742. The van der Waals surface area contributed by atoms with E-state index in [9.17, 15) is 13.2 Å². The van der Waals surface area contributed by atoms with Gasteiger partial charge in [-0.2, -0.15) is 13.2 Å². The summed E-state index contributed by atoms with van der Waals surface area (Å²) in [6, 6.07) is 19.5. The number of nitrogens with zero attached hydrogens (tertiary/aromatic N) is 2. The molecule has 8 heteroatoms. The number of hydrogen-bond donors (Lipinski definition) is 3. The van der Waals surface area contributed by atoms with E-state index in [0.29, 0.717) is 23.0 Å². The third-order valence-electron chi connectivity index (χ3n) is 7.09. The monoisotopic (exact) mass is 506 g/mol. The van der Waals surface area contributed by atoms with Gasteiger partial charge < -0.3 is 10.6 Å². The maximum absolute atomic E-state index is 13.6. The SMILES string of the molecule is C[C@H](Nc1cc(-c2c(-c3cccc(C(F)(F)F)c3)[nH]c(C3CCNCC3)[n+]2C)ccn1)c1ccccc1. The molecule has 0 radical (unpaired) electrons. The lowest BCUT2D eigenvalue weighted by Gasteiger charge is -2.19. The molecule has 1 aliphatic heterocycles. The zero-order chi connectivity index (χ0) is 26.0. The quantitative estimate of drug-likeness (QED) is 0.272. The maximum atomic E-state index is 13.6. The van der Waals surface area contributed by atoms with E-state index in [1.54, 1.807) is 12.3 Å². The van der Waals surface area contributed by atoms with Gasteiger partial charge in [0, 0.05) is 23.4 Å². The molecule has 0 saturated carbocycles. The second kappa shape index (κ2) is 10.4. The van der Waals surface area contributed by atoms with Crippen LogP contribution in [-0.2, 0) is 13.2 Å². The van der Waals surface area contributed by atoms with Crippen molar-refractivity contribution in [1.82, 2.24) is 15.3 Å². The lowest BCUT2D eigenvalue weighted by atomic mass is 9.97. The molecule has 5 nitrogen and oxygen atoms in total. The lowest BCUT2D eigenvalue weighted by Crippen LogP contribution is -2.38. The third kappa shape index (κ3) is 5.39. The molecule has 3 heterocycles. The van der Waals surface area contributed by atoms with Crippen LogP contribution in [-0.4, -0.2) is 23.1 Å². The zero-order valence-corrected chi connectivity index (χ0v) is 20.9. The Balaban J connectivity index is 1.58. The van der Waals surface area contributed by atoms with E-state index in [0.717, 1.165) is 54.6 Å². The van der Waals surface area contributed by atoms with Crippen LogP contribution in [0.5, 0.6) is 0 Å². The van der Waals surface area contributed by atoms with Crippen LogP contribution in [0.3, 0.4) is 0 Å². The predicted molar refractivity (Wildman–Crippen MR) is 139 cm³/mol. The van der Waals surface area contributed by atoms with E-state index in [1.807, 2.05) is 37.4 Å². The normalized spacial score (nSPS) is 15.5. The third-order valence-corrected chi connectivity index (χ3v) is 7.09. The predicted octanol–water partition coefficient (Wildman–Crippen LogP) is 6.23. The van der Waals surface area contributed by atoms with Crippen LogP contribution in [0.2, 0.25) is 0 Å². The number of aromatic nitrogens is 3. The number of aromatic amines is 1. The van der Waals surface area contributed by atoms with Crippen LogP contribution >= 0.6 is 0 Å². The number of nitrogens with one attached hydrogen (secondary N) is 3. The Morgan fingerprint density at radius 1 is 0.973 bits per heavy atom. The highest BCUT2D eigenvalue weighted by atomic mass is 19.4. The van der Waals surface area contributed by atoms with Gasteiger partial charge in [-0.1, -0.05) is 42.5 Å². The van der Waals surface area contributed by atoms with E-state index in [-0.39, 0.29) is 6.04 Å². The second-order valence-corrected chi connectivity index (χ2v) is 9.60. The van der Waals surface area contributed by atoms with Crippen molar-refractivity contribution < 1.29 is 17.7 Å². The van der Waals surface area contributed by atoms with Crippen molar-refractivity contribution in [2.45, 2.75) is 37.9 Å². The van der Waals surface area contributed by atoms with Gasteiger partial charge in [-0.15, -0.1) is 0 Å². The van der Waals surface area contributed by atoms with Gasteiger partial charge in [0.1, 0.15) is 5.82 Å². The first-order chi connectivity index (χ1) is 17.8. The average molecular weight is 507 g/mol. The zero-order valence-electron chi connectivity index (χ0n) is 20.9. The van der Waals surface area contributed by atoms with Gasteiger partial charge in [0.15, 0.2) is 11.4 Å². The van der Waals surface area contributed by atoms with Gasteiger partial charge >= 0.3 is 6.18 Å². The Morgan fingerprint density at radius 3 is 2.46 bits per heavy atom. The number of rotatable bonds is 6. The highest BCUT2D eigenvalue weighted by Gasteiger charge is 2.34. The number of H-pyrrole nitrogens is 1. The molecule has 3 N–H and O–H groups in total. The van der Waals surface area contributed by atoms with Crippen LogP contribution in [0.4, 0.5) is 19.0 Å². The Labute approximate surface area is 214 Å². The molecule has 2 aromatic heterocycles. The Bertz CT molecular complexity index is 1360. The summed E-state index contributed by atoms with van der Waals surface area (Å²) < 4.78 is 42.8. The summed E-state index contributed by atoms with van der Waals surface area (Å²) in [5.41, 5.74) is 3.37. The van der Waals surface area contributed by atoms with E-state index >= 15 is 0 Å². The Morgan fingerprint density at radius 2 is 1.73 bits per heavy atom. The molecule has 2 aromatic carbocycles. The fourth-order valence-corrected chi connectivity index (χ4v) is 5.13. The number of hydrogen-bond acceptors (Lipinski definition) is 3. The van der Waals surface area contributed by atoms with E-state index in [4.69, 9.17) is 0 Å². The molecule has 37 heavy (non-hydrogen) atoms. The van der Waals surface area contributed by atoms with Crippen LogP contribution < -0.4 is 15.2 Å². The number of piperidine rings is 1. The summed E-state index contributed by atoms with van der Waals surface area (Å²) in [4.78, 5) is 8.04. The van der Waals surface area contributed by atoms with Gasteiger partial charge in [-0.3, -0.25) is 0 Å². The molecule has 1 aliphatic rings. The molecule has 1 atom stereocenters. The van der Waals surface area contributed by atoms with Crippen molar-refractivity contribution in [2.24, 2.45) is 7.05 Å². The minimum absolute atomic E-state index is 0.0390.